The fourth-order valence-electron chi connectivity index (χ4n) is 3.66. The summed E-state index contributed by atoms with van der Waals surface area (Å²) in [7, 11) is 0. The second kappa shape index (κ2) is 10.8. The summed E-state index contributed by atoms with van der Waals surface area (Å²) in [5.74, 6) is 0.506. The minimum Gasteiger partial charge on any atom is -0.492 e. The Morgan fingerprint density at radius 3 is 2.82 bits per heavy atom. The van der Waals surface area contributed by atoms with Crippen LogP contribution in [-0.2, 0) is 11.3 Å². The average Bonchev–Trinajstić information content (AvgIpc) is 3.26. The average molecular weight is 486 g/mol. The van der Waals surface area contributed by atoms with Gasteiger partial charge in [-0.3, -0.25) is 14.2 Å². The molecule has 33 heavy (non-hydrogen) atoms. The van der Waals surface area contributed by atoms with Gasteiger partial charge in [-0.2, -0.15) is 4.98 Å². The lowest BCUT2D eigenvalue weighted by Gasteiger charge is -2.25. The molecule has 0 unspecified atom stereocenters. The van der Waals surface area contributed by atoms with Crippen LogP contribution >= 0.6 is 23.1 Å². The van der Waals surface area contributed by atoms with Crippen molar-refractivity contribution in [3.8, 4) is 5.75 Å². The zero-order valence-electron chi connectivity index (χ0n) is 18.6. The van der Waals surface area contributed by atoms with Gasteiger partial charge < -0.3 is 15.0 Å². The Labute approximate surface area is 200 Å². The molecule has 1 aliphatic heterocycles. The fraction of sp³-hybridized carbons (Fsp3) is 0.391. The van der Waals surface area contributed by atoms with E-state index >= 15 is 0 Å². The molecule has 0 saturated carbocycles. The number of amides is 1. The summed E-state index contributed by atoms with van der Waals surface area (Å²) in [5, 5.41) is 4.17. The maximum Gasteiger partial charge on any atom is 0.274 e. The molecule has 0 atom stereocenters. The Morgan fingerprint density at radius 1 is 1.27 bits per heavy atom. The third-order valence-corrected chi connectivity index (χ3v) is 7.27. The summed E-state index contributed by atoms with van der Waals surface area (Å²) in [5.41, 5.74) is 0.906. The second-order valence-electron chi connectivity index (χ2n) is 7.56. The Morgan fingerprint density at radius 2 is 2.06 bits per heavy atom. The number of piperidine rings is 1. The Bertz CT molecular complexity index is 1200. The number of anilines is 2. The highest BCUT2D eigenvalue weighted by Gasteiger charge is 2.20. The van der Waals surface area contributed by atoms with Crippen LogP contribution in [0.1, 0.15) is 26.2 Å². The van der Waals surface area contributed by atoms with Crippen LogP contribution < -0.4 is 20.5 Å². The molecule has 0 aliphatic carbocycles. The van der Waals surface area contributed by atoms with Crippen molar-refractivity contribution in [2.75, 3.05) is 35.7 Å². The van der Waals surface area contributed by atoms with Crippen molar-refractivity contribution >= 4 is 50.2 Å². The molecule has 3 aromatic rings. The van der Waals surface area contributed by atoms with Gasteiger partial charge in [0.2, 0.25) is 5.91 Å². The van der Waals surface area contributed by atoms with Gasteiger partial charge in [-0.15, -0.1) is 6.58 Å². The summed E-state index contributed by atoms with van der Waals surface area (Å²) in [6, 6.07) is 7.30. The van der Waals surface area contributed by atoms with Gasteiger partial charge in [-0.1, -0.05) is 41.3 Å². The van der Waals surface area contributed by atoms with Gasteiger partial charge in [0.1, 0.15) is 10.4 Å². The van der Waals surface area contributed by atoms with Crippen LogP contribution in [0.25, 0.3) is 10.3 Å². The summed E-state index contributed by atoms with van der Waals surface area (Å²) >= 11 is 2.60. The molecule has 8 nitrogen and oxygen atoms in total. The van der Waals surface area contributed by atoms with E-state index in [0.717, 1.165) is 31.1 Å². The Balaban J connectivity index is 1.55. The number of benzene rings is 1. The number of carbonyl (C=O) groups excluding carboxylic acids is 1. The summed E-state index contributed by atoms with van der Waals surface area (Å²) in [6.07, 6.45) is 5.15. The molecule has 1 fully saturated rings. The highest BCUT2D eigenvalue weighted by molar-refractivity contribution is 7.99. The second-order valence-corrected chi connectivity index (χ2v) is 9.48. The molecule has 1 amide bonds. The molecule has 3 heterocycles. The largest absolute Gasteiger partial charge is 0.492 e. The van der Waals surface area contributed by atoms with Gasteiger partial charge >= 0.3 is 0 Å². The quantitative estimate of drug-likeness (QED) is 0.277. The zero-order valence-corrected chi connectivity index (χ0v) is 20.2. The van der Waals surface area contributed by atoms with Crippen LogP contribution in [0.3, 0.4) is 0 Å². The topological polar surface area (TPSA) is 89.3 Å². The van der Waals surface area contributed by atoms with Crippen molar-refractivity contribution in [1.29, 1.82) is 0 Å². The maximum absolute atomic E-state index is 13.2. The van der Waals surface area contributed by atoms with Crippen LogP contribution in [0.2, 0.25) is 0 Å². The van der Waals surface area contributed by atoms with Crippen LogP contribution in [-0.4, -0.2) is 45.9 Å². The first-order chi connectivity index (χ1) is 16.1. The number of nitrogens with zero attached hydrogens (tertiary/aromatic N) is 4. The first-order valence-corrected chi connectivity index (χ1v) is 12.8. The SMILES string of the molecule is C=CCn1c(SCC(=O)Nc2ccccc2OCC)nc2nc(N3CCCCC3)sc2c1=O. The van der Waals surface area contributed by atoms with Gasteiger partial charge in [0.15, 0.2) is 15.9 Å². The monoisotopic (exact) mass is 485 g/mol. The molecule has 10 heteroatoms. The molecule has 1 aromatic carbocycles. The van der Waals surface area contributed by atoms with E-state index in [1.165, 1.54) is 29.5 Å². The first-order valence-electron chi connectivity index (χ1n) is 11.0. The number of aromatic nitrogens is 3. The molecule has 174 valence electrons. The molecule has 0 radical (unpaired) electrons. The predicted molar refractivity (Wildman–Crippen MR) is 135 cm³/mol. The minimum atomic E-state index is -0.209. The minimum absolute atomic E-state index is 0.0959. The van der Waals surface area contributed by atoms with Gasteiger partial charge in [-0.25, -0.2) is 4.98 Å². The zero-order chi connectivity index (χ0) is 23.2. The molecule has 1 saturated heterocycles. The van der Waals surface area contributed by atoms with E-state index in [0.29, 0.717) is 40.1 Å². The standard InChI is InChI=1S/C23H27N5O3S2/c1-3-12-28-21(30)19-20(25-22(33-19)27-13-8-5-9-14-27)26-23(28)32-15-18(29)24-16-10-6-7-11-17(16)31-4-2/h3,6-7,10-11H,1,4-5,8-9,12-15H2,2H3,(H,24,29). The number of fused-ring (bicyclic) bond motifs is 1. The van der Waals surface area contributed by atoms with E-state index in [2.05, 4.69) is 26.8 Å². The number of carbonyl (C=O) groups is 1. The van der Waals surface area contributed by atoms with Crippen molar-refractivity contribution in [2.45, 2.75) is 37.9 Å². The van der Waals surface area contributed by atoms with E-state index in [9.17, 15) is 9.59 Å². The highest BCUT2D eigenvalue weighted by Crippen LogP contribution is 2.29. The molecule has 1 aliphatic rings. The molecule has 4 rings (SSSR count). The highest BCUT2D eigenvalue weighted by atomic mass is 32.2. The van der Waals surface area contributed by atoms with Crippen LogP contribution in [0.5, 0.6) is 5.75 Å². The maximum atomic E-state index is 13.2. The van der Waals surface area contributed by atoms with Gasteiger partial charge in [-0.05, 0) is 38.3 Å². The summed E-state index contributed by atoms with van der Waals surface area (Å²) < 4.78 is 7.66. The number of nitrogens with one attached hydrogen (secondary N) is 1. The van der Waals surface area contributed by atoms with E-state index in [-0.39, 0.29) is 17.2 Å². The number of ether oxygens (including phenoxy) is 1. The normalized spacial score (nSPS) is 13.8. The van der Waals surface area contributed by atoms with Gasteiger partial charge in [0, 0.05) is 19.6 Å². The van der Waals surface area contributed by atoms with Crippen LogP contribution in [0.15, 0.2) is 46.9 Å². The number of hydrogen-bond acceptors (Lipinski definition) is 8. The molecular weight excluding hydrogens is 458 g/mol. The van der Waals surface area contributed by atoms with Gasteiger partial charge in [0.05, 0.1) is 18.0 Å². The van der Waals surface area contributed by atoms with Crippen molar-refractivity contribution in [1.82, 2.24) is 14.5 Å². The van der Waals surface area contributed by atoms with Crippen molar-refractivity contribution < 1.29 is 9.53 Å². The smallest absolute Gasteiger partial charge is 0.274 e. The lowest BCUT2D eigenvalue weighted by Crippen LogP contribution is -2.29. The third-order valence-electron chi connectivity index (χ3n) is 5.20. The Hall–Kier alpha value is -2.85. The fourth-order valence-corrected chi connectivity index (χ4v) is 5.47. The van der Waals surface area contributed by atoms with E-state index in [4.69, 9.17) is 4.74 Å². The number of thioether (sulfide) groups is 1. The third kappa shape index (κ3) is 5.39. The molecule has 1 N–H and O–H groups in total. The van der Waals surface area contributed by atoms with E-state index in [1.54, 1.807) is 16.7 Å². The summed E-state index contributed by atoms with van der Waals surface area (Å²) in [6.45, 7) is 8.38. The van der Waals surface area contributed by atoms with Crippen LogP contribution in [0, 0.1) is 0 Å². The first kappa shape index (κ1) is 23.3. The van der Waals surface area contributed by atoms with E-state index < -0.39 is 0 Å². The van der Waals surface area contributed by atoms with E-state index in [1.807, 2.05) is 25.1 Å². The van der Waals surface area contributed by atoms with Crippen molar-refractivity contribution in [3.05, 3.63) is 47.3 Å². The number of hydrogen-bond donors (Lipinski definition) is 1. The number of allylic oxidation sites excluding steroid dienone is 1. The number of para-hydroxylation sites is 2. The number of rotatable bonds is 9. The molecular formula is C23H27N5O3S2. The summed E-state index contributed by atoms with van der Waals surface area (Å²) in [4.78, 5) is 37.3. The molecule has 2 aromatic heterocycles. The lowest BCUT2D eigenvalue weighted by atomic mass is 10.1. The lowest BCUT2D eigenvalue weighted by molar-refractivity contribution is -0.113. The molecule has 0 spiro atoms. The van der Waals surface area contributed by atoms with Crippen molar-refractivity contribution in [2.24, 2.45) is 0 Å². The predicted octanol–water partition coefficient (Wildman–Crippen LogP) is 4.16. The van der Waals surface area contributed by atoms with Gasteiger partial charge in [0.25, 0.3) is 5.56 Å². The number of thiazole rings is 1. The van der Waals surface area contributed by atoms with Crippen LogP contribution in [0.4, 0.5) is 10.8 Å². The van der Waals surface area contributed by atoms with Crippen molar-refractivity contribution in [3.63, 3.8) is 0 Å². The molecule has 0 bridgehead atoms. The Kier molecular flexibility index (Phi) is 7.66.